The van der Waals surface area contributed by atoms with E-state index in [1.165, 1.54) is 41.3 Å². The van der Waals surface area contributed by atoms with E-state index >= 15 is 0 Å². The van der Waals surface area contributed by atoms with Gasteiger partial charge in [-0.05, 0) is 64.8 Å². The molecule has 1 saturated carbocycles. The molecule has 4 heteroatoms. The van der Waals surface area contributed by atoms with Crippen LogP contribution in [0.1, 0.15) is 74.0 Å². The van der Waals surface area contributed by atoms with Gasteiger partial charge in [0.1, 0.15) is 10.6 Å². The van der Waals surface area contributed by atoms with Crippen molar-refractivity contribution in [2.45, 2.75) is 70.4 Å². The first-order chi connectivity index (χ1) is 10.2. The van der Waals surface area contributed by atoms with E-state index in [1.807, 2.05) is 11.3 Å². The maximum Gasteiger partial charge on any atom is 0.125 e. The molecule has 1 heterocycles. The van der Waals surface area contributed by atoms with Crippen molar-refractivity contribution in [1.29, 1.82) is 0 Å². The predicted octanol–water partition coefficient (Wildman–Crippen LogP) is 4.18. The van der Waals surface area contributed by atoms with Gasteiger partial charge in [0, 0.05) is 17.5 Å². The van der Waals surface area contributed by atoms with Crippen molar-refractivity contribution in [3.05, 3.63) is 15.6 Å². The molecule has 0 bridgehead atoms. The van der Waals surface area contributed by atoms with Crippen LogP contribution in [0.3, 0.4) is 0 Å². The molecule has 118 valence electrons. The van der Waals surface area contributed by atoms with Crippen LogP contribution in [0.25, 0.3) is 0 Å². The number of fused-ring (bicyclic) bond motifs is 1. The second kappa shape index (κ2) is 6.35. The second-order valence-electron chi connectivity index (χ2n) is 6.67. The summed E-state index contributed by atoms with van der Waals surface area (Å²) in [7, 11) is 2.07. The van der Waals surface area contributed by atoms with Gasteiger partial charge in [0.25, 0.3) is 0 Å². The van der Waals surface area contributed by atoms with E-state index < -0.39 is 0 Å². The molecular formula is C17H28N2OS. The van der Waals surface area contributed by atoms with Crippen molar-refractivity contribution in [2.24, 2.45) is 5.92 Å². The van der Waals surface area contributed by atoms with Gasteiger partial charge in [-0.2, -0.15) is 0 Å². The highest BCUT2D eigenvalue weighted by molar-refractivity contribution is 7.12. The highest BCUT2D eigenvalue weighted by atomic mass is 32.1. The Morgan fingerprint density at radius 2 is 2.10 bits per heavy atom. The largest absolute Gasteiger partial charge is 0.368 e. The molecule has 0 aromatic carbocycles. The molecule has 0 radical (unpaired) electrons. The Bertz CT molecular complexity index is 477. The third kappa shape index (κ3) is 2.90. The SMILES string of the molecule is CCOC1(c2nc3c(s2)C(NC)CCC3)CCC(C)CC1. The van der Waals surface area contributed by atoms with Crippen LogP contribution in [0.2, 0.25) is 0 Å². The van der Waals surface area contributed by atoms with Crippen LogP contribution in [-0.4, -0.2) is 18.6 Å². The van der Waals surface area contributed by atoms with E-state index in [-0.39, 0.29) is 5.60 Å². The highest BCUT2D eigenvalue weighted by Crippen LogP contribution is 2.46. The summed E-state index contributed by atoms with van der Waals surface area (Å²) >= 11 is 1.92. The standard InChI is InChI=1S/C17H28N2OS/c1-4-20-17(10-8-12(2)9-11-17)16-19-14-7-5-6-13(18-3)15(14)21-16/h12-13,18H,4-11H2,1-3H3. The quantitative estimate of drug-likeness (QED) is 0.906. The Labute approximate surface area is 132 Å². The number of ether oxygens (including phenoxy) is 1. The lowest BCUT2D eigenvalue weighted by molar-refractivity contribution is -0.0777. The average Bonchev–Trinajstić information content (AvgIpc) is 2.94. The van der Waals surface area contributed by atoms with Gasteiger partial charge in [-0.15, -0.1) is 11.3 Å². The van der Waals surface area contributed by atoms with Crippen LogP contribution in [0.15, 0.2) is 0 Å². The molecule has 0 spiro atoms. The van der Waals surface area contributed by atoms with Crippen molar-refractivity contribution in [3.63, 3.8) is 0 Å². The fourth-order valence-corrected chi connectivity index (χ4v) is 5.27. The zero-order valence-corrected chi connectivity index (χ0v) is 14.4. The minimum Gasteiger partial charge on any atom is -0.368 e. The fourth-order valence-electron chi connectivity index (χ4n) is 3.81. The molecule has 1 aromatic rings. The van der Waals surface area contributed by atoms with Crippen molar-refractivity contribution >= 4 is 11.3 Å². The van der Waals surface area contributed by atoms with Gasteiger partial charge < -0.3 is 10.1 Å². The Hall–Kier alpha value is -0.450. The van der Waals surface area contributed by atoms with Crippen LogP contribution < -0.4 is 5.32 Å². The minimum absolute atomic E-state index is 0.0957. The molecule has 2 aliphatic carbocycles. The van der Waals surface area contributed by atoms with Gasteiger partial charge in [-0.1, -0.05) is 6.92 Å². The number of rotatable bonds is 4. The molecule has 0 aliphatic heterocycles. The lowest BCUT2D eigenvalue weighted by atomic mass is 9.79. The van der Waals surface area contributed by atoms with Gasteiger partial charge in [0.15, 0.2) is 0 Å². The summed E-state index contributed by atoms with van der Waals surface area (Å²) < 4.78 is 6.28. The second-order valence-corrected chi connectivity index (χ2v) is 7.70. The molecule has 21 heavy (non-hydrogen) atoms. The summed E-state index contributed by atoms with van der Waals surface area (Å²) in [6.45, 7) is 5.26. The normalized spacial score (nSPS) is 32.9. The maximum atomic E-state index is 6.28. The fraction of sp³-hybridized carbons (Fsp3) is 0.824. The topological polar surface area (TPSA) is 34.1 Å². The first kappa shape index (κ1) is 15.4. The van der Waals surface area contributed by atoms with E-state index in [1.54, 1.807) is 0 Å². The molecule has 1 fully saturated rings. The van der Waals surface area contributed by atoms with Crippen molar-refractivity contribution in [1.82, 2.24) is 10.3 Å². The van der Waals surface area contributed by atoms with Gasteiger partial charge in [-0.25, -0.2) is 4.98 Å². The van der Waals surface area contributed by atoms with Crippen molar-refractivity contribution in [2.75, 3.05) is 13.7 Å². The van der Waals surface area contributed by atoms with Crippen molar-refractivity contribution < 1.29 is 4.74 Å². The Morgan fingerprint density at radius 1 is 1.33 bits per heavy atom. The van der Waals surface area contributed by atoms with Gasteiger partial charge >= 0.3 is 0 Å². The molecule has 1 unspecified atom stereocenters. The van der Waals surface area contributed by atoms with Gasteiger partial charge in [0.05, 0.1) is 5.69 Å². The summed E-state index contributed by atoms with van der Waals surface area (Å²) in [5, 5.41) is 4.71. The van der Waals surface area contributed by atoms with E-state index in [0.29, 0.717) is 6.04 Å². The summed E-state index contributed by atoms with van der Waals surface area (Å²) in [5.41, 5.74) is 1.24. The molecular weight excluding hydrogens is 280 g/mol. The number of hydrogen-bond donors (Lipinski definition) is 1. The van der Waals surface area contributed by atoms with Crippen LogP contribution in [0, 0.1) is 5.92 Å². The maximum absolute atomic E-state index is 6.28. The zero-order chi connectivity index (χ0) is 14.9. The average molecular weight is 308 g/mol. The predicted molar refractivity (Wildman–Crippen MR) is 87.8 cm³/mol. The van der Waals surface area contributed by atoms with E-state index in [4.69, 9.17) is 9.72 Å². The van der Waals surface area contributed by atoms with Crippen LogP contribution >= 0.6 is 11.3 Å². The van der Waals surface area contributed by atoms with E-state index in [2.05, 4.69) is 26.2 Å². The Balaban J connectivity index is 1.92. The lowest BCUT2D eigenvalue weighted by Gasteiger charge is -2.37. The van der Waals surface area contributed by atoms with Crippen molar-refractivity contribution in [3.8, 4) is 0 Å². The molecule has 1 atom stereocenters. The van der Waals surface area contributed by atoms with Gasteiger partial charge in [-0.3, -0.25) is 0 Å². The lowest BCUT2D eigenvalue weighted by Crippen LogP contribution is -2.34. The summed E-state index contributed by atoms with van der Waals surface area (Å²) in [5.74, 6) is 0.832. The third-order valence-electron chi connectivity index (χ3n) is 5.19. The van der Waals surface area contributed by atoms with Crippen LogP contribution in [0.5, 0.6) is 0 Å². The summed E-state index contributed by atoms with van der Waals surface area (Å²) in [6, 6.07) is 0.501. The third-order valence-corrected chi connectivity index (χ3v) is 6.59. The molecule has 3 nitrogen and oxygen atoms in total. The number of aryl methyl sites for hydroxylation is 1. The van der Waals surface area contributed by atoms with E-state index in [0.717, 1.165) is 31.8 Å². The Kier molecular flexibility index (Phi) is 4.67. The number of thiazole rings is 1. The van der Waals surface area contributed by atoms with Crippen LogP contribution in [-0.2, 0) is 16.8 Å². The first-order valence-corrected chi connectivity index (χ1v) is 9.31. The zero-order valence-electron chi connectivity index (χ0n) is 13.6. The van der Waals surface area contributed by atoms with Gasteiger partial charge in [0.2, 0.25) is 0 Å². The molecule has 1 aromatic heterocycles. The molecule has 2 aliphatic rings. The monoisotopic (exact) mass is 308 g/mol. The first-order valence-electron chi connectivity index (χ1n) is 8.50. The number of hydrogen-bond acceptors (Lipinski definition) is 4. The smallest absolute Gasteiger partial charge is 0.125 e. The molecule has 0 amide bonds. The van der Waals surface area contributed by atoms with E-state index in [9.17, 15) is 0 Å². The number of aromatic nitrogens is 1. The molecule has 1 N–H and O–H groups in total. The highest BCUT2D eigenvalue weighted by Gasteiger charge is 2.40. The Morgan fingerprint density at radius 3 is 2.76 bits per heavy atom. The minimum atomic E-state index is -0.0957. The summed E-state index contributed by atoms with van der Waals surface area (Å²) in [6.07, 6.45) is 8.43. The van der Waals surface area contributed by atoms with Crippen LogP contribution in [0.4, 0.5) is 0 Å². The molecule has 3 rings (SSSR count). The number of nitrogens with zero attached hydrogens (tertiary/aromatic N) is 1. The number of nitrogens with one attached hydrogen (secondary N) is 1. The summed E-state index contributed by atoms with van der Waals surface area (Å²) in [4.78, 5) is 6.51. The molecule has 0 saturated heterocycles.